The van der Waals surface area contributed by atoms with Crippen molar-refractivity contribution in [2.45, 2.75) is 96.4 Å². The lowest BCUT2D eigenvalue weighted by Crippen LogP contribution is -2.05. The van der Waals surface area contributed by atoms with Gasteiger partial charge in [0.1, 0.15) is 0 Å². The topological polar surface area (TPSA) is 26.3 Å². The number of esters is 1. The predicted molar refractivity (Wildman–Crippen MR) is 138 cm³/mol. The van der Waals surface area contributed by atoms with Crippen molar-refractivity contribution in [3.8, 4) is 0 Å². The van der Waals surface area contributed by atoms with Crippen LogP contribution in [0.5, 0.6) is 0 Å². The van der Waals surface area contributed by atoms with Crippen LogP contribution in [0.1, 0.15) is 90.4 Å². The summed E-state index contributed by atoms with van der Waals surface area (Å²) in [6.45, 7) is 5.81. The molecular weight excluding hydrogens is 669 g/mol. The molecule has 0 aromatic carbocycles. The molecule has 0 unspecified atom stereocenters. The van der Waals surface area contributed by atoms with E-state index < -0.39 is 0.564 Å². The van der Waals surface area contributed by atoms with Crippen molar-refractivity contribution >= 4 is 71.9 Å². The van der Waals surface area contributed by atoms with Gasteiger partial charge in [0.15, 0.2) is 0 Å². The van der Waals surface area contributed by atoms with E-state index in [1.807, 2.05) is 0 Å². The summed E-state index contributed by atoms with van der Waals surface area (Å²) in [4.78, 5) is 11.2. The molecule has 0 aliphatic heterocycles. The summed E-state index contributed by atoms with van der Waals surface area (Å²) < 4.78 is 4.20. The first-order valence-electron chi connectivity index (χ1n) is 9.72. The summed E-state index contributed by atoms with van der Waals surface area (Å²) in [5, 5.41) is 0. The zero-order valence-corrected chi connectivity index (χ0v) is 23.2. The van der Waals surface area contributed by atoms with Crippen LogP contribution in [0.3, 0.4) is 0 Å². The van der Waals surface area contributed by atoms with Crippen LogP contribution >= 0.6 is 65.4 Å². The van der Waals surface area contributed by atoms with E-state index in [9.17, 15) is 4.79 Å². The molecule has 0 heterocycles. The first-order valence-corrected chi connectivity index (χ1v) is 21.3. The second kappa shape index (κ2) is 17.7. The highest BCUT2D eigenvalue weighted by molar-refractivity contribution is 14.4. The summed E-state index contributed by atoms with van der Waals surface area (Å²) in [6.07, 6.45) is 17.5. The Morgan fingerprint density at radius 2 is 1.12 bits per heavy atom. The summed E-state index contributed by atoms with van der Waals surface area (Å²) >= 11 is 8.01. The third-order valence-corrected chi connectivity index (χ3v) is 9.96. The quantitative estimate of drug-likeness (QED) is 0.0380. The van der Waals surface area contributed by atoms with Gasteiger partial charge in [-0.15, -0.1) is 0 Å². The number of carbonyl (C=O) groups is 1. The van der Waals surface area contributed by atoms with Crippen LogP contribution < -0.4 is 0 Å². The van der Waals surface area contributed by atoms with Crippen LogP contribution in [0.25, 0.3) is 0 Å². The minimum Gasteiger partial charge on any atom is -0.462 e. The standard InChI is InChI=1S/C19H35I3O2Si/c1-18(2)19(23)24-16-14-12-10-8-6-4-3-5-7-9-11-13-15-17-25(20,21)22/h1,3-17H2,2H3. The molecule has 0 atom stereocenters. The van der Waals surface area contributed by atoms with Crippen LogP contribution in [-0.4, -0.2) is 13.1 Å². The summed E-state index contributed by atoms with van der Waals surface area (Å²) in [6, 6.07) is 1.46. The molecule has 0 spiro atoms. The predicted octanol–water partition coefficient (Wildman–Crippen LogP) is 8.42. The second-order valence-corrected chi connectivity index (χ2v) is 43.8. The maximum absolute atomic E-state index is 11.2. The molecule has 0 rings (SSSR count). The maximum Gasteiger partial charge on any atom is 0.333 e. The fourth-order valence-corrected chi connectivity index (χ4v) is 6.74. The molecule has 0 fully saturated rings. The fraction of sp³-hybridized carbons (Fsp3) is 0.842. The van der Waals surface area contributed by atoms with Gasteiger partial charge in [0.25, 0.3) is 0.564 Å². The van der Waals surface area contributed by atoms with E-state index >= 15 is 0 Å². The molecule has 6 heteroatoms. The fourth-order valence-electron chi connectivity index (χ4n) is 2.66. The largest absolute Gasteiger partial charge is 0.462 e. The van der Waals surface area contributed by atoms with Gasteiger partial charge in [-0.05, 0) is 19.4 Å². The third kappa shape index (κ3) is 21.8. The van der Waals surface area contributed by atoms with Gasteiger partial charge in [-0.3, -0.25) is 0 Å². The zero-order chi connectivity index (χ0) is 19.0. The van der Waals surface area contributed by atoms with Gasteiger partial charge in [0.2, 0.25) is 0 Å². The first-order chi connectivity index (χ1) is 11.8. The molecule has 0 saturated heterocycles. The van der Waals surface area contributed by atoms with Gasteiger partial charge in [0.05, 0.1) is 6.61 Å². The second-order valence-electron chi connectivity index (χ2n) is 6.88. The molecule has 0 aromatic rings. The number of ether oxygens (including phenoxy) is 1. The van der Waals surface area contributed by atoms with Crippen molar-refractivity contribution in [3.05, 3.63) is 12.2 Å². The SMILES string of the molecule is C=C(C)C(=O)OCCCCCCCCCCCCCCC[Si](I)(I)I. The summed E-state index contributed by atoms with van der Waals surface area (Å²) in [5.74, 6) is -0.255. The maximum atomic E-state index is 11.2. The minimum atomic E-state index is -0.887. The Hall–Kier alpha value is 1.62. The van der Waals surface area contributed by atoms with Crippen molar-refractivity contribution < 1.29 is 9.53 Å². The normalized spacial score (nSPS) is 11.5. The van der Waals surface area contributed by atoms with Gasteiger partial charge < -0.3 is 4.74 Å². The molecule has 25 heavy (non-hydrogen) atoms. The Morgan fingerprint density at radius 1 is 0.760 bits per heavy atom. The highest BCUT2D eigenvalue weighted by Gasteiger charge is 2.19. The van der Waals surface area contributed by atoms with Gasteiger partial charge in [-0.2, -0.15) is 0 Å². The molecule has 0 saturated carbocycles. The average Bonchev–Trinajstić information content (AvgIpc) is 2.53. The molecule has 0 aromatic heterocycles. The van der Waals surface area contributed by atoms with E-state index in [0.29, 0.717) is 12.2 Å². The number of rotatable bonds is 17. The van der Waals surface area contributed by atoms with Crippen LogP contribution in [0, 0.1) is 0 Å². The van der Waals surface area contributed by atoms with Gasteiger partial charge in [-0.25, -0.2) is 4.79 Å². The lowest BCUT2D eigenvalue weighted by atomic mass is 10.0. The number of carbonyl (C=O) groups excluding carboxylic acids is 1. The molecular formula is C19H35I3O2Si. The molecule has 0 aliphatic carbocycles. The van der Waals surface area contributed by atoms with Crippen LogP contribution in [-0.2, 0) is 9.53 Å². The average molecular weight is 704 g/mol. The Morgan fingerprint density at radius 3 is 1.48 bits per heavy atom. The van der Waals surface area contributed by atoms with Crippen molar-refractivity contribution in [3.63, 3.8) is 0 Å². The Balaban J connectivity index is 3.12. The lowest BCUT2D eigenvalue weighted by molar-refractivity contribution is -0.139. The summed E-state index contributed by atoms with van der Waals surface area (Å²) in [5.41, 5.74) is 0.491. The van der Waals surface area contributed by atoms with Gasteiger partial charge >= 0.3 is 5.97 Å². The smallest absolute Gasteiger partial charge is 0.333 e. The van der Waals surface area contributed by atoms with Gasteiger partial charge in [0, 0.05) is 5.57 Å². The highest BCUT2D eigenvalue weighted by atomic mass is 127. The van der Waals surface area contributed by atoms with E-state index in [1.54, 1.807) is 6.92 Å². The van der Waals surface area contributed by atoms with Crippen molar-refractivity contribution in [1.82, 2.24) is 0 Å². The molecule has 0 N–H and O–H groups in total. The molecule has 2 nitrogen and oxygen atoms in total. The zero-order valence-electron chi connectivity index (χ0n) is 15.8. The van der Waals surface area contributed by atoms with E-state index in [1.165, 1.54) is 83.1 Å². The van der Waals surface area contributed by atoms with Crippen LogP contribution in [0.2, 0.25) is 6.04 Å². The number of halogens is 3. The van der Waals surface area contributed by atoms with Crippen molar-refractivity contribution in [2.24, 2.45) is 0 Å². The van der Waals surface area contributed by atoms with Crippen molar-refractivity contribution in [1.29, 1.82) is 0 Å². The molecule has 0 radical (unpaired) electrons. The first kappa shape index (κ1) is 26.6. The molecule has 0 bridgehead atoms. The minimum absolute atomic E-state index is 0.255. The molecule has 0 aliphatic rings. The Labute approximate surface area is 194 Å². The van der Waals surface area contributed by atoms with E-state index in [2.05, 4.69) is 72.0 Å². The van der Waals surface area contributed by atoms with Crippen LogP contribution in [0.4, 0.5) is 0 Å². The molecule has 0 amide bonds. The Bertz CT molecular complexity index is 357. The Kier molecular flexibility index (Phi) is 18.8. The van der Waals surface area contributed by atoms with E-state index in [4.69, 9.17) is 4.74 Å². The number of hydrogen-bond acceptors (Lipinski definition) is 2. The number of unbranched alkanes of at least 4 members (excludes halogenated alkanes) is 12. The van der Waals surface area contributed by atoms with Crippen LogP contribution in [0.15, 0.2) is 12.2 Å². The molecule has 148 valence electrons. The van der Waals surface area contributed by atoms with Crippen molar-refractivity contribution in [2.75, 3.05) is 6.61 Å². The number of hydrogen-bond donors (Lipinski definition) is 0. The van der Waals surface area contributed by atoms with E-state index in [0.717, 1.165) is 6.42 Å². The van der Waals surface area contributed by atoms with E-state index in [-0.39, 0.29) is 5.97 Å². The third-order valence-electron chi connectivity index (χ3n) is 4.19. The summed E-state index contributed by atoms with van der Waals surface area (Å²) in [7, 11) is 0. The van der Waals surface area contributed by atoms with Gasteiger partial charge in [-0.1, -0.05) is 149 Å². The monoisotopic (exact) mass is 704 g/mol. The lowest BCUT2D eigenvalue weighted by Gasteiger charge is -2.08. The highest BCUT2D eigenvalue weighted by Crippen LogP contribution is 2.35.